The normalized spacial score (nSPS) is 22.0. The quantitative estimate of drug-likeness (QED) is 0.748. The fraction of sp³-hybridized carbons (Fsp3) is 0.188. The zero-order chi connectivity index (χ0) is 17.6. The standard InChI is InChI=1S/C16H12FN3O4/c1-7-12(14(21)23-2)16(10(6-18)13(19)24-7)9-5-8(17)3-4-11(9)20-15(16)22/h3-5H,19H2,1-2H3,(H,20,22). The maximum Gasteiger partial charge on any atom is 0.339 e. The van der Waals surface area contributed by atoms with Gasteiger partial charge in [0, 0.05) is 11.3 Å². The van der Waals surface area contributed by atoms with E-state index in [0.29, 0.717) is 0 Å². The van der Waals surface area contributed by atoms with E-state index in [9.17, 15) is 19.2 Å². The van der Waals surface area contributed by atoms with Crippen LogP contribution in [0.4, 0.5) is 10.1 Å². The number of allylic oxidation sites excluding steroid dienone is 1. The maximum atomic E-state index is 13.8. The Hall–Kier alpha value is -3.34. The smallest absolute Gasteiger partial charge is 0.339 e. The fourth-order valence-electron chi connectivity index (χ4n) is 3.15. The summed E-state index contributed by atoms with van der Waals surface area (Å²) in [7, 11) is 1.13. The lowest BCUT2D eigenvalue weighted by molar-refractivity contribution is -0.138. The van der Waals surface area contributed by atoms with Gasteiger partial charge in [0.1, 0.15) is 28.8 Å². The van der Waals surface area contributed by atoms with Gasteiger partial charge in [0.25, 0.3) is 0 Å². The summed E-state index contributed by atoms with van der Waals surface area (Å²) in [5.74, 6) is -2.53. The molecule has 2 heterocycles. The monoisotopic (exact) mass is 329 g/mol. The van der Waals surface area contributed by atoms with Crippen LogP contribution in [0, 0.1) is 17.1 Å². The van der Waals surface area contributed by atoms with Crippen molar-refractivity contribution in [3.05, 3.63) is 52.4 Å². The van der Waals surface area contributed by atoms with Gasteiger partial charge in [-0.15, -0.1) is 0 Å². The van der Waals surface area contributed by atoms with Crippen LogP contribution >= 0.6 is 0 Å². The summed E-state index contributed by atoms with van der Waals surface area (Å²) in [5, 5.41) is 12.1. The molecule has 0 aliphatic carbocycles. The number of nitrogens with one attached hydrogen (secondary N) is 1. The van der Waals surface area contributed by atoms with E-state index in [1.807, 2.05) is 6.07 Å². The number of hydrogen-bond acceptors (Lipinski definition) is 6. The molecule has 2 aliphatic rings. The van der Waals surface area contributed by atoms with Gasteiger partial charge in [0.15, 0.2) is 5.41 Å². The summed E-state index contributed by atoms with van der Waals surface area (Å²) in [5.41, 5.74) is 3.74. The average molecular weight is 329 g/mol. The Morgan fingerprint density at radius 2 is 2.21 bits per heavy atom. The van der Waals surface area contributed by atoms with E-state index < -0.39 is 23.1 Å². The van der Waals surface area contributed by atoms with E-state index in [2.05, 4.69) is 5.32 Å². The van der Waals surface area contributed by atoms with Crippen molar-refractivity contribution in [1.82, 2.24) is 0 Å². The van der Waals surface area contributed by atoms with E-state index in [1.165, 1.54) is 13.0 Å². The van der Waals surface area contributed by atoms with E-state index in [-0.39, 0.29) is 34.0 Å². The minimum atomic E-state index is -1.91. The maximum absolute atomic E-state index is 13.8. The second kappa shape index (κ2) is 5.09. The number of nitrogens with zero attached hydrogens (tertiary/aromatic N) is 1. The number of ether oxygens (including phenoxy) is 2. The molecule has 24 heavy (non-hydrogen) atoms. The largest absolute Gasteiger partial charge is 0.466 e. The fourth-order valence-corrected chi connectivity index (χ4v) is 3.15. The molecule has 0 saturated heterocycles. The van der Waals surface area contributed by atoms with Gasteiger partial charge < -0.3 is 20.5 Å². The van der Waals surface area contributed by atoms with Crippen molar-refractivity contribution >= 4 is 17.6 Å². The number of hydrogen-bond donors (Lipinski definition) is 2. The number of benzene rings is 1. The van der Waals surface area contributed by atoms with Crippen LogP contribution in [0.2, 0.25) is 0 Å². The second-order valence-corrected chi connectivity index (χ2v) is 5.27. The van der Waals surface area contributed by atoms with Crippen LogP contribution in [0.3, 0.4) is 0 Å². The van der Waals surface area contributed by atoms with Crippen molar-refractivity contribution in [2.24, 2.45) is 5.73 Å². The molecule has 7 nitrogen and oxygen atoms in total. The van der Waals surface area contributed by atoms with Crippen molar-refractivity contribution in [3.63, 3.8) is 0 Å². The third-order valence-corrected chi connectivity index (χ3v) is 4.09. The molecule has 3 N–H and O–H groups in total. The number of carbonyl (C=O) groups is 2. The molecular weight excluding hydrogens is 317 g/mol. The molecule has 0 bridgehead atoms. The first-order valence-corrected chi connectivity index (χ1v) is 6.87. The van der Waals surface area contributed by atoms with Gasteiger partial charge in [0.05, 0.1) is 7.11 Å². The molecule has 1 unspecified atom stereocenters. The van der Waals surface area contributed by atoms with Crippen LogP contribution in [0.5, 0.6) is 0 Å². The molecule has 0 aromatic heterocycles. The molecule has 0 radical (unpaired) electrons. The highest BCUT2D eigenvalue weighted by molar-refractivity contribution is 6.17. The molecule has 0 saturated carbocycles. The predicted molar refractivity (Wildman–Crippen MR) is 79.3 cm³/mol. The summed E-state index contributed by atoms with van der Waals surface area (Å²) in [6.45, 7) is 1.42. The zero-order valence-corrected chi connectivity index (χ0v) is 12.8. The molecule has 1 aromatic carbocycles. The van der Waals surface area contributed by atoms with E-state index in [1.54, 1.807) is 0 Å². The van der Waals surface area contributed by atoms with Gasteiger partial charge in [-0.2, -0.15) is 5.26 Å². The van der Waals surface area contributed by atoms with Crippen molar-refractivity contribution in [2.45, 2.75) is 12.3 Å². The number of nitrogens with two attached hydrogens (primary N) is 1. The number of halogens is 1. The van der Waals surface area contributed by atoms with Crippen molar-refractivity contribution < 1.29 is 23.5 Å². The SMILES string of the molecule is COC(=O)C1=C(C)OC(N)=C(C#N)C12C(=O)Nc1ccc(F)cc12. The number of nitriles is 1. The Morgan fingerprint density at radius 1 is 1.50 bits per heavy atom. The van der Waals surface area contributed by atoms with Gasteiger partial charge in [-0.3, -0.25) is 4.79 Å². The Balaban J connectivity index is 2.46. The number of anilines is 1. The van der Waals surface area contributed by atoms with Gasteiger partial charge in [-0.25, -0.2) is 9.18 Å². The lowest BCUT2D eigenvalue weighted by atomic mass is 9.68. The van der Waals surface area contributed by atoms with Gasteiger partial charge >= 0.3 is 5.97 Å². The molecule has 1 spiro atoms. The molecule has 8 heteroatoms. The first-order chi connectivity index (χ1) is 11.4. The summed E-state index contributed by atoms with van der Waals surface area (Å²) in [4.78, 5) is 25.2. The number of rotatable bonds is 1. The third kappa shape index (κ3) is 1.75. The van der Waals surface area contributed by atoms with Crippen LogP contribution in [-0.4, -0.2) is 19.0 Å². The first kappa shape index (κ1) is 15.6. The zero-order valence-electron chi connectivity index (χ0n) is 12.8. The highest BCUT2D eigenvalue weighted by Crippen LogP contribution is 2.51. The topological polar surface area (TPSA) is 114 Å². The van der Waals surface area contributed by atoms with E-state index in [4.69, 9.17) is 15.2 Å². The minimum absolute atomic E-state index is 0.00520. The lowest BCUT2D eigenvalue weighted by Gasteiger charge is -2.33. The Bertz CT molecular complexity index is 897. The highest BCUT2D eigenvalue weighted by atomic mass is 19.1. The van der Waals surface area contributed by atoms with Gasteiger partial charge in [0.2, 0.25) is 11.8 Å². The van der Waals surface area contributed by atoms with Crippen molar-refractivity contribution in [3.8, 4) is 6.07 Å². The van der Waals surface area contributed by atoms with E-state index in [0.717, 1.165) is 19.2 Å². The number of fused-ring (bicyclic) bond motifs is 2. The summed E-state index contributed by atoms with van der Waals surface area (Å²) < 4.78 is 23.8. The van der Waals surface area contributed by atoms with Crippen LogP contribution in [0.1, 0.15) is 12.5 Å². The highest BCUT2D eigenvalue weighted by Gasteiger charge is 2.59. The van der Waals surface area contributed by atoms with E-state index >= 15 is 0 Å². The van der Waals surface area contributed by atoms with Crippen LogP contribution in [0.25, 0.3) is 0 Å². The van der Waals surface area contributed by atoms with Gasteiger partial charge in [-0.05, 0) is 25.1 Å². The summed E-state index contributed by atoms with van der Waals surface area (Å²) in [6.07, 6.45) is 0. The number of esters is 1. The van der Waals surface area contributed by atoms with Crippen molar-refractivity contribution in [1.29, 1.82) is 5.26 Å². The van der Waals surface area contributed by atoms with Crippen LogP contribution in [-0.2, 0) is 24.5 Å². The molecule has 1 amide bonds. The number of methoxy groups -OCH3 is 1. The minimum Gasteiger partial charge on any atom is -0.466 e. The Morgan fingerprint density at radius 3 is 2.83 bits per heavy atom. The summed E-state index contributed by atoms with van der Waals surface area (Å²) in [6, 6.07) is 5.40. The molecule has 1 aromatic rings. The molecule has 3 rings (SSSR count). The van der Waals surface area contributed by atoms with Gasteiger partial charge in [-0.1, -0.05) is 0 Å². The number of carbonyl (C=O) groups excluding carboxylic acids is 2. The predicted octanol–water partition coefficient (Wildman–Crippen LogP) is 1.19. The molecular formula is C16H12FN3O4. The number of amides is 1. The first-order valence-electron chi connectivity index (χ1n) is 6.87. The second-order valence-electron chi connectivity index (χ2n) is 5.27. The third-order valence-electron chi connectivity index (χ3n) is 4.09. The molecule has 1 atom stereocenters. The average Bonchev–Trinajstić information content (AvgIpc) is 2.80. The summed E-state index contributed by atoms with van der Waals surface area (Å²) >= 11 is 0. The molecule has 2 aliphatic heterocycles. The lowest BCUT2D eigenvalue weighted by Crippen LogP contribution is -2.45. The molecule has 0 fully saturated rings. The Labute approximate surface area is 136 Å². The van der Waals surface area contributed by atoms with Crippen LogP contribution < -0.4 is 11.1 Å². The Kier molecular flexibility index (Phi) is 3.30. The molecule has 122 valence electrons. The van der Waals surface area contributed by atoms with Crippen molar-refractivity contribution in [2.75, 3.05) is 12.4 Å². The van der Waals surface area contributed by atoms with Crippen LogP contribution in [0.15, 0.2) is 41.0 Å².